The number of nitrogens with one attached hydrogen (secondary N) is 1. The second kappa shape index (κ2) is 5.22. The van der Waals surface area contributed by atoms with Gasteiger partial charge < -0.3 is 9.84 Å². The molecule has 0 saturated heterocycles. The van der Waals surface area contributed by atoms with Crippen molar-refractivity contribution in [3.8, 4) is 11.5 Å². The molecule has 0 amide bonds. The molecule has 0 aliphatic heterocycles. The van der Waals surface area contributed by atoms with Crippen molar-refractivity contribution >= 4 is 0 Å². The minimum atomic E-state index is -0.711. The molecule has 96 valence electrons. The molecule has 1 heterocycles. The lowest BCUT2D eigenvalue weighted by Crippen LogP contribution is -2.12. The third-order valence-corrected chi connectivity index (χ3v) is 2.48. The van der Waals surface area contributed by atoms with E-state index < -0.39 is 11.6 Å². The molecule has 2 rings (SSSR count). The van der Waals surface area contributed by atoms with Crippen LogP contribution >= 0.6 is 0 Å². The van der Waals surface area contributed by atoms with E-state index in [1.165, 1.54) is 6.07 Å². The summed E-state index contributed by atoms with van der Waals surface area (Å²) in [5, 5.41) is 6.74. The fraction of sp³-hybridized carbons (Fsp3) is 0.333. The first-order valence-corrected chi connectivity index (χ1v) is 5.61. The topological polar surface area (TPSA) is 51.0 Å². The zero-order valence-corrected chi connectivity index (χ0v) is 10.1. The largest absolute Gasteiger partial charge is 0.334 e. The van der Waals surface area contributed by atoms with Crippen LogP contribution in [0.4, 0.5) is 8.78 Å². The van der Waals surface area contributed by atoms with Crippen molar-refractivity contribution in [2.75, 3.05) is 6.54 Å². The summed E-state index contributed by atoms with van der Waals surface area (Å²) in [6.45, 7) is 4.72. The molecule has 0 unspecified atom stereocenters. The first-order valence-electron chi connectivity index (χ1n) is 5.61. The number of halogens is 2. The van der Waals surface area contributed by atoms with Crippen LogP contribution in [0, 0.1) is 18.6 Å². The Bertz CT molecular complexity index is 554. The standard InChI is InChI=1S/C12H13F2N3O/c1-3-15-6-11-16-12(18-17-11)8-4-7(2)9(13)5-10(8)14/h4-5,15H,3,6H2,1-2H3. The van der Waals surface area contributed by atoms with Crippen LogP contribution in [0.15, 0.2) is 16.7 Å². The molecule has 0 aliphatic rings. The van der Waals surface area contributed by atoms with Crippen LogP contribution in [0.2, 0.25) is 0 Å². The molecule has 2 aromatic rings. The summed E-state index contributed by atoms with van der Waals surface area (Å²) in [4.78, 5) is 4.05. The number of nitrogens with zero attached hydrogens (tertiary/aromatic N) is 2. The molecule has 1 aromatic heterocycles. The van der Waals surface area contributed by atoms with E-state index in [0.29, 0.717) is 17.9 Å². The molecule has 1 N–H and O–H groups in total. The second-order valence-electron chi connectivity index (χ2n) is 3.88. The van der Waals surface area contributed by atoms with Crippen molar-refractivity contribution in [1.29, 1.82) is 0 Å². The molecule has 0 fully saturated rings. The number of aromatic nitrogens is 2. The molecule has 1 aromatic carbocycles. The minimum Gasteiger partial charge on any atom is -0.334 e. The molecule has 18 heavy (non-hydrogen) atoms. The summed E-state index contributed by atoms with van der Waals surface area (Å²) in [6, 6.07) is 2.17. The normalized spacial score (nSPS) is 10.9. The smallest absolute Gasteiger partial charge is 0.260 e. The van der Waals surface area contributed by atoms with E-state index in [2.05, 4.69) is 15.5 Å². The maximum absolute atomic E-state index is 13.6. The van der Waals surface area contributed by atoms with Crippen molar-refractivity contribution in [2.24, 2.45) is 0 Å². The first kappa shape index (κ1) is 12.6. The van der Waals surface area contributed by atoms with Gasteiger partial charge in [-0.3, -0.25) is 0 Å². The summed E-state index contributed by atoms with van der Waals surface area (Å²) in [5.74, 6) is -0.808. The Morgan fingerprint density at radius 1 is 1.28 bits per heavy atom. The third-order valence-electron chi connectivity index (χ3n) is 2.48. The molecule has 0 spiro atoms. The monoisotopic (exact) mass is 253 g/mol. The average molecular weight is 253 g/mol. The average Bonchev–Trinajstić information content (AvgIpc) is 2.79. The van der Waals surface area contributed by atoms with Gasteiger partial charge in [0.25, 0.3) is 5.89 Å². The van der Waals surface area contributed by atoms with E-state index in [9.17, 15) is 8.78 Å². The molecule has 0 aliphatic carbocycles. The molecule has 0 saturated carbocycles. The van der Waals surface area contributed by atoms with Crippen LogP contribution in [0.5, 0.6) is 0 Å². The van der Waals surface area contributed by atoms with Gasteiger partial charge in [-0.25, -0.2) is 8.78 Å². The molecular weight excluding hydrogens is 240 g/mol. The van der Waals surface area contributed by atoms with Crippen LogP contribution in [-0.4, -0.2) is 16.7 Å². The Morgan fingerprint density at radius 2 is 2.06 bits per heavy atom. The van der Waals surface area contributed by atoms with Crippen molar-refractivity contribution in [3.63, 3.8) is 0 Å². The van der Waals surface area contributed by atoms with Crippen LogP contribution < -0.4 is 5.32 Å². The highest BCUT2D eigenvalue weighted by Gasteiger charge is 2.15. The quantitative estimate of drug-likeness (QED) is 0.909. The number of hydrogen-bond donors (Lipinski definition) is 1. The van der Waals surface area contributed by atoms with Gasteiger partial charge in [-0.1, -0.05) is 12.1 Å². The fourth-order valence-electron chi connectivity index (χ4n) is 1.49. The van der Waals surface area contributed by atoms with Crippen molar-refractivity contribution in [1.82, 2.24) is 15.5 Å². The van der Waals surface area contributed by atoms with E-state index in [1.807, 2.05) is 6.92 Å². The Balaban J connectivity index is 2.31. The van der Waals surface area contributed by atoms with Gasteiger partial charge in [0, 0.05) is 6.07 Å². The van der Waals surface area contributed by atoms with Gasteiger partial charge in [-0.2, -0.15) is 4.98 Å². The highest BCUT2D eigenvalue weighted by molar-refractivity contribution is 5.55. The number of benzene rings is 1. The second-order valence-corrected chi connectivity index (χ2v) is 3.88. The van der Waals surface area contributed by atoms with Crippen LogP contribution in [0.3, 0.4) is 0 Å². The van der Waals surface area contributed by atoms with Crippen LogP contribution in [0.25, 0.3) is 11.5 Å². The van der Waals surface area contributed by atoms with Crippen LogP contribution in [0.1, 0.15) is 18.3 Å². The highest BCUT2D eigenvalue weighted by atomic mass is 19.1. The van der Waals surface area contributed by atoms with Crippen molar-refractivity contribution in [3.05, 3.63) is 35.2 Å². The van der Waals surface area contributed by atoms with Gasteiger partial charge in [0.05, 0.1) is 12.1 Å². The summed E-state index contributed by atoms with van der Waals surface area (Å²) in [6.07, 6.45) is 0. The number of hydrogen-bond acceptors (Lipinski definition) is 4. The van der Waals surface area contributed by atoms with E-state index in [4.69, 9.17) is 4.52 Å². The Kier molecular flexibility index (Phi) is 3.66. The first-order chi connectivity index (χ1) is 8.61. The predicted molar refractivity (Wildman–Crippen MR) is 61.8 cm³/mol. The van der Waals surface area contributed by atoms with Gasteiger partial charge in [0.1, 0.15) is 11.6 Å². The number of aryl methyl sites for hydroxylation is 1. The Morgan fingerprint density at radius 3 is 2.78 bits per heavy atom. The predicted octanol–water partition coefficient (Wildman–Crippen LogP) is 2.43. The maximum Gasteiger partial charge on any atom is 0.260 e. The van der Waals surface area contributed by atoms with E-state index in [1.54, 1.807) is 6.92 Å². The molecule has 6 heteroatoms. The van der Waals surface area contributed by atoms with Crippen molar-refractivity contribution in [2.45, 2.75) is 20.4 Å². The van der Waals surface area contributed by atoms with Crippen molar-refractivity contribution < 1.29 is 13.3 Å². The van der Waals surface area contributed by atoms with Crippen LogP contribution in [-0.2, 0) is 6.54 Å². The maximum atomic E-state index is 13.6. The lowest BCUT2D eigenvalue weighted by atomic mass is 10.1. The highest BCUT2D eigenvalue weighted by Crippen LogP contribution is 2.23. The SMILES string of the molecule is CCNCc1noc(-c2cc(C)c(F)cc2F)n1. The summed E-state index contributed by atoms with van der Waals surface area (Å²) in [5.41, 5.74) is 0.446. The molecular formula is C12H13F2N3O. The molecule has 0 radical (unpaired) electrons. The lowest BCUT2D eigenvalue weighted by Gasteiger charge is -2.00. The Hall–Kier alpha value is -1.82. The molecule has 4 nitrogen and oxygen atoms in total. The van der Waals surface area contributed by atoms with Gasteiger partial charge in [-0.15, -0.1) is 0 Å². The minimum absolute atomic E-state index is 0.0588. The summed E-state index contributed by atoms with van der Waals surface area (Å²) >= 11 is 0. The summed E-state index contributed by atoms with van der Waals surface area (Å²) in [7, 11) is 0. The number of rotatable bonds is 4. The molecule has 0 atom stereocenters. The lowest BCUT2D eigenvalue weighted by molar-refractivity contribution is 0.417. The van der Waals surface area contributed by atoms with E-state index >= 15 is 0 Å². The third kappa shape index (κ3) is 2.53. The van der Waals surface area contributed by atoms with Gasteiger partial charge in [-0.05, 0) is 25.1 Å². The zero-order chi connectivity index (χ0) is 13.1. The van der Waals surface area contributed by atoms with Gasteiger partial charge in [0.2, 0.25) is 0 Å². The zero-order valence-electron chi connectivity index (χ0n) is 10.1. The van der Waals surface area contributed by atoms with Gasteiger partial charge in [0.15, 0.2) is 5.82 Å². The Labute approximate surface area is 103 Å². The van der Waals surface area contributed by atoms with E-state index in [-0.39, 0.29) is 11.5 Å². The summed E-state index contributed by atoms with van der Waals surface area (Å²) < 4.78 is 31.7. The fourth-order valence-corrected chi connectivity index (χ4v) is 1.49. The van der Waals surface area contributed by atoms with E-state index in [0.717, 1.165) is 12.6 Å². The molecule has 0 bridgehead atoms. The van der Waals surface area contributed by atoms with Gasteiger partial charge >= 0.3 is 0 Å².